The minimum absolute atomic E-state index is 0.159. The van der Waals surface area contributed by atoms with Crippen LogP contribution in [0.1, 0.15) is 19.0 Å². The predicted molar refractivity (Wildman–Crippen MR) is 70.1 cm³/mol. The van der Waals surface area contributed by atoms with E-state index in [2.05, 4.69) is 30.6 Å². The highest BCUT2D eigenvalue weighted by Gasteiger charge is 2.06. The van der Waals surface area contributed by atoms with Gasteiger partial charge in [-0.2, -0.15) is 4.98 Å². The maximum absolute atomic E-state index is 13.5. The van der Waals surface area contributed by atoms with Gasteiger partial charge in [-0.15, -0.1) is 0 Å². The number of anilines is 2. The van der Waals surface area contributed by atoms with Gasteiger partial charge in [0, 0.05) is 12.7 Å². The van der Waals surface area contributed by atoms with Crippen molar-refractivity contribution in [1.82, 2.24) is 19.9 Å². The largest absolute Gasteiger partial charge is 0.362 e. The fourth-order valence-electron chi connectivity index (χ4n) is 1.41. The van der Waals surface area contributed by atoms with Crippen LogP contribution < -0.4 is 10.6 Å². The Balaban J connectivity index is 2.02. The number of halogens is 1. The molecule has 0 aliphatic rings. The van der Waals surface area contributed by atoms with Crippen molar-refractivity contribution in [3.63, 3.8) is 0 Å². The number of hydrogen-bond donors (Lipinski definition) is 2. The van der Waals surface area contributed by atoms with E-state index < -0.39 is 5.82 Å². The number of nitrogens with one attached hydrogen (secondary N) is 2. The average Bonchev–Trinajstić information content (AvgIpc) is 2.46. The van der Waals surface area contributed by atoms with E-state index >= 15 is 0 Å². The zero-order valence-electron chi connectivity index (χ0n) is 10.6. The zero-order chi connectivity index (χ0) is 13.5. The second-order valence-electron chi connectivity index (χ2n) is 3.87. The molecule has 6 nitrogen and oxygen atoms in total. The lowest BCUT2D eigenvalue weighted by Gasteiger charge is -2.08. The number of rotatable bonds is 6. The smallest absolute Gasteiger partial charge is 0.224 e. The molecule has 0 amide bonds. The van der Waals surface area contributed by atoms with Gasteiger partial charge in [-0.1, -0.05) is 6.92 Å². The van der Waals surface area contributed by atoms with E-state index in [1.54, 1.807) is 12.3 Å². The third-order valence-corrected chi connectivity index (χ3v) is 2.36. The third-order valence-electron chi connectivity index (χ3n) is 2.36. The first-order chi connectivity index (χ1) is 9.29. The minimum Gasteiger partial charge on any atom is -0.362 e. The molecule has 0 aliphatic heterocycles. The first kappa shape index (κ1) is 13.1. The molecule has 7 heteroatoms. The zero-order valence-corrected chi connectivity index (χ0v) is 10.6. The molecular weight excluding hydrogens is 247 g/mol. The SMILES string of the molecule is CCCNc1ncc(F)c(NCc2ccncn2)n1. The Labute approximate surface area is 110 Å². The molecule has 100 valence electrons. The molecule has 0 saturated heterocycles. The number of aromatic nitrogens is 4. The predicted octanol–water partition coefficient (Wildman–Crippen LogP) is 1.84. The van der Waals surface area contributed by atoms with Gasteiger partial charge in [0.25, 0.3) is 0 Å². The fraction of sp³-hybridized carbons (Fsp3) is 0.333. The Bertz CT molecular complexity index is 519. The summed E-state index contributed by atoms with van der Waals surface area (Å²) in [5.41, 5.74) is 0.760. The molecule has 0 aromatic carbocycles. The molecule has 2 heterocycles. The normalized spacial score (nSPS) is 10.2. The van der Waals surface area contributed by atoms with Gasteiger partial charge in [-0.3, -0.25) is 0 Å². The van der Waals surface area contributed by atoms with Crippen molar-refractivity contribution in [1.29, 1.82) is 0 Å². The van der Waals surface area contributed by atoms with Crippen molar-refractivity contribution in [3.8, 4) is 0 Å². The van der Waals surface area contributed by atoms with E-state index in [1.165, 1.54) is 6.33 Å². The third kappa shape index (κ3) is 3.84. The lowest BCUT2D eigenvalue weighted by Crippen LogP contribution is -2.09. The lowest BCUT2D eigenvalue weighted by molar-refractivity contribution is 0.617. The van der Waals surface area contributed by atoms with Crippen molar-refractivity contribution in [2.45, 2.75) is 19.9 Å². The second kappa shape index (κ2) is 6.58. The van der Waals surface area contributed by atoms with Crippen LogP contribution in [0.15, 0.2) is 24.8 Å². The minimum atomic E-state index is -0.490. The highest BCUT2D eigenvalue weighted by molar-refractivity contribution is 5.41. The molecule has 0 saturated carbocycles. The highest BCUT2D eigenvalue weighted by Crippen LogP contribution is 2.12. The van der Waals surface area contributed by atoms with Crippen molar-refractivity contribution in [3.05, 3.63) is 36.3 Å². The maximum atomic E-state index is 13.5. The van der Waals surface area contributed by atoms with E-state index in [-0.39, 0.29) is 5.82 Å². The fourth-order valence-corrected chi connectivity index (χ4v) is 1.41. The number of hydrogen-bond acceptors (Lipinski definition) is 6. The van der Waals surface area contributed by atoms with Gasteiger partial charge in [-0.25, -0.2) is 19.3 Å². The van der Waals surface area contributed by atoms with Crippen LogP contribution in [0.4, 0.5) is 16.2 Å². The van der Waals surface area contributed by atoms with E-state index in [4.69, 9.17) is 0 Å². The topological polar surface area (TPSA) is 75.6 Å². The molecule has 2 rings (SSSR count). The standard InChI is InChI=1S/C12H15FN6/c1-2-4-15-12-17-7-10(13)11(19-12)16-6-9-3-5-14-8-18-9/h3,5,7-8H,2,4,6H2,1H3,(H2,15,16,17,19). The molecule has 0 fully saturated rings. The van der Waals surface area contributed by atoms with Crippen LogP contribution in [-0.4, -0.2) is 26.5 Å². The van der Waals surface area contributed by atoms with Gasteiger partial charge >= 0.3 is 0 Å². The Hall–Kier alpha value is -2.31. The molecule has 2 N–H and O–H groups in total. The van der Waals surface area contributed by atoms with Crippen LogP contribution in [0.25, 0.3) is 0 Å². The van der Waals surface area contributed by atoms with Crippen molar-refractivity contribution >= 4 is 11.8 Å². The Kier molecular flexibility index (Phi) is 4.54. The summed E-state index contributed by atoms with van der Waals surface area (Å²) in [4.78, 5) is 15.8. The monoisotopic (exact) mass is 262 g/mol. The maximum Gasteiger partial charge on any atom is 0.224 e. The van der Waals surface area contributed by atoms with Crippen LogP contribution in [0.2, 0.25) is 0 Å². The van der Waals surface area contributed by atoms with Gasteiger partial charge in [-0.05, 0) is 12.5 Å². The summed E-state index contributed by atoms with van der Waals surface area (Å²) in [5.74, 6) is 0.0803. The van der Waals surface area contributed by atoms with Crippen molar-refractivity contribution < 1.29 is 4.39 Å². The first-order valence-electron chi connectivity index (χ1n) is 6.04. The molecule has 19 heavy (non-hydrogen) atoms. The molecule has 0 atom stereocenters. The van der Waals surface area contributed by atoms with Crippen molar-refractivity contribution in [2.24, 2.45) is 0 Å². The second-order valence-corrected chi connectivity index (χ2v) is 3.87. The van der Waals surface area contributed by atoms with Gasteiger partial charge in [0.15, 0.2) is 11.6 Å². The molecule has 0 spiro atoms. The van der Waals surface area contributed by atoms with E-state index in [9.17, 15) is 4.39 Å². The molecule has 0 unspecified atom stereocenters. The number of nitrogens with zero attached hydrogens (tertiary/aromatic N) is 4. The Morgan fingerprint density at radius 2 is 2.16 bits per heavy atom. The summed E-state index contributed by atoms with van der Waals surface area (Å²) >= 11 is 0. The molecule has 0 aliphatic carbocycles. The van der Waals surface area contributed by atoms with E-state index in [0.717, 1.165) is 24.9 Å². The summed E-state index contributed by atoms with van der Waals surface area (Å²) in [6.45, 7) is 3.16. The Morgan fingerprint density at radius 3 is 2.89 bits per heavy atom. The average molecular weight is 262 g/mol. The van der Waals surface area contributed by atoms with Gasteiger partial charge in [0.05, 0.1) is 18.4 Å². The molecule has 2 aromatic rings. The van der Waals surface area contributed by atoms with Gasteiger partial charge in [0.1, 0.15) is 6.33 Å². The van der Waals surface area contributed by atoms with Gasteiger partial charge in [0.2, 0.25) is 5.95 Å². The van der Waals surface area contributed by atoms with Crippen LogP contribution in [0, 0.1) is 5.82 Å². The van der Waals surface area contributed by atoms with Crippen LogP contribution >= 0.6 is 0 Å². The molecule has 0 bridgehead atoms. The summed E-state index contributed by atoms with van der Waals surface area (Å²) in [6, 6.07) is 1.75. The highest BCUT2D eigenvalue weighted by atomic mass is 19.1. The van der Waals surface area contributed by atoms with Crippen LogP contribution in [-0.2, 0) is 6.54 Å². The molecule has 0 radical (unpaired) electrons. The quantitative estimate of drug-likeness (QED) is 0.827. The van der Waals surface area contributed by atoms with E-state index in [1.807, 2.05) is 6.92 Å². The summed E-state index contributed by atoms with van der Waals surface area (Å²) in [7, 11) is 0. The van der Waals surface area contributed by atoms with Crippen LogP contribution in [0.5, 0.6) is 0 Å². The van der Waals surface area contributed by atoms with E-state index in [0.29, 0.717) is 12.5 Å². The molecule has 2 aromatic heterocycles. The lowest BCUT2D eigenvalue weighted by atomic mass is 10.4. The summed E-state index contributed by atoms with van der Waals surface area (Å²) < 4.78 is 13.5. The molecular formula is C12H15FN6. The van der Waals surface area contributed by atoms with Gasteiger partial charge < -0.3 is 10.6 Å². The van der Waals surface area contributed by atoms with Crippen LogP contribution in [0.3, 0.4) is 0 Å². The first-order valence-corrected chi connectivity index (χ1v) is 6.04. The Morgan fingerprint density at radius 1 is 1.26 bits per heavy atom. The summed E-state index contributed by atoms with van der Waals surface area (Å²) in [6.07, 6.45) is 5.17. The summed E-state index contributed by atoms with van der Waals surface area (Å²) in [5, 5.41) is 5.90. The van der Waals surface area contributed by atoms with Crippen molar-refractivity contribution in [2.75, 3.05) is 17.2 Å².